The first-order chi connectivity index (χ1) is 13.1. The summed E-state index contributed by atoms with van der Waals surface area (Å²) in [5.74, 6) is 1.23. The fourth-order valence-electron chi connectivity index (χ4n) is 3.52. The summed E-state index contributed by atoms with van der Waals surface area (Å²) >= 11 is 3.89. The summed E-state index contributed by atoms with van der Waals surface area (Å²) in [5.41, 5.74) is 1.23. The van der Waals surface area contributed by atoms with E-state index >= 15 is 0 Å². The average molecular weight is 406 g/mol. The summed E-state index contributed by atoms with van der Waals surface area (Å²) in [7, 11) is 0. The smallest absolute Gasteiger partial charge is 0.313 e. The normalized spacial score (nSPS) is 26.7. The average Bonchev–Trinajstić information content (AvgIpc) is 3.46. The van der Waals surface area contributed by atoms with Gasteiger partial charge >= 0.3 is 11.8 Å². The fraction of sp³-hybridized carbons (Fsp3) is 0.526. The molecule has 27 heavy (non-hydrogen) atoms. The lowest BCUT2D eigenvalue weighted by Crippen LogP contribution is -2.46. The minimum Gasteiger partial charge on any atom is -0.344 e. The van der Waals surface area contributed by atoms with Crippen LogP contribution in [0.5, 0.6) is 0 Å². The second-order valence-electron chi connectivity index (χ2n) is 7.20. The molecule has 6 nitrogen and oxygen atoms in total. The van der Waals surface area contributed by atoms with Gasteiger partial charge in [0.2, 0.25) is 5.91 Å². The topological polar surface area (TPSA) is 87.3 Å². The Morgan fingerprint density at radius 1 is 0.815 bits per heavy atom. The maximum Gasteiger partial charge on any atom is 0.313 e. The first-order valence-electron chi connectivity index (χ1n) is 9.36. The second kappa shape index (κ2) is 8.14. The van der Waals surface area contributed by atoms with Gasteiger partial charge < -0.3 is 16.0 Å². The highest BCUT2D eigenvalue weighted by atomic mass is 32.2. The number of carbonyl (C=O) groups is 3. The maximum absolute atomic E-state index is 12.3. The molecule has 3 atom stereocenters. The number of anilines is 2. The van der Waals surface area contributed by atoms with Gasteiger partial charge in [0.25, 0.3) is 0 Å². The fourth-order valence-corrected chi connectivity index (χ4v) is 6.81. The van der Waals surface area contributed by atoms with Crippen molar-refractivity contribution in [3.8, 4) is 0 Å². The number of thioether (sulfide) groups is 2. The van der Waals surface area contributed by atoms with E-state index in [9.17, 15) is 14.4 Å². The van der Waals surface area contributed by atoms with Crippen molar-refractivity contribution in [1.82, 2.24) is 5.32 Å². The van der Waals surface area contributed by atoms with Gasteiger partial charge in [-0.15, -0.1) is 0 Å². The minimum atomic E-state index is -0.651. The lowest BCUT2D eigenvalue weighted by atomic mass is 10.2. The van der Waals surface area contributed by atoms with Crippen LogP contribution < -0.4 is 16.0 Å². The van der Waals surface area contributed by atoms with E-state index in [1.165, 1.54) is 5.75 Å². The van der Waals surface area contributed by atoms with Gasteiger partial charge in [-0.2, -0.15) is 23.5 Å². The monoisotopic (exact) mass is 405 g/mol. The number of nitrogens with one attached hydrogen (secondary N) is 3. The molecule has 2 aliphatic carbocycles. The molecule has 3 N–H and O–H groups in total. The molecule has 0 spiro atoms. The van der Waals surface area contributed by atoms with E-state index in [2.05, 4.69) is 16.0 Å². The largest absolute Gasteiger partial charge is 0.344 e. The molecule has 1 aromatic carbocycles. The zero-order valence-corrected chi connectivity index (χ0v) is 16.5. The first-order valence-corrected chi connectivity index (χ1v) is 11.5. The molecule has 3 aliphatic rings. The van der Waals surface area contributed by atoms with Crippen molar-refractivity contribution in [2.75, 3.05) is 22.1 Å². The Kier molecular flexibility index (Phi) is 5.63. The van der Waals surface area contributed by atoms with E-state index in [-0.39, 0.29) is 17.9 Å². The van der Waals surface area contributed by atoms with Crippen LogP contribution in [0.25, 0.3) is 0 Å². The van der Waals surface area contributed by atoms with Crippen LogP contribution in [-0.2, 0) is 14.4 Å². The first kappa shape index (κ1) is 18.7. The van der Waals surface area contributed by atoms with Gasteiger partial charge in [-0.3, -0.25) is 14.4 Å². The summed E-state index contributed by atoms with van der Waals surface area (Å²) in [5, 5.41) is 9.39. The lowest BCUT2D eigenvalue weighted by molar-refractivity contribution is -0.136. The molecule has 3 fully saturated rings. The van der Waals surface area contributed by atoms with Crippen LogP contribution in [0.3, 0.4) is 0 Å². The molecule has 0 aromatic heterocycles. The van der Waals surface area contributed by atoms with Gasteiger partial charge in [0, 0.05) is 45.3 Å². The number of carbonyl (C=O) groups excluding carboxylic acids is 3. The van der Waals surface area contributed by atoms with Crippen molar-refractivity contribution >= 4 is 52.6 Å². The molecule has 1 saturated heterocycles. The van der Waals surface area contributed by atoms with Crippen molar-refractivity contribution in [2.24, 2.45) is 5.92 Å². The van der Waals surface area contributed by atoms with Crippen LogP contribution in [0, 0.1) is 5.92 Å². The lowest BCUT2D eigenvalue weighted by Gasteiger charge is -2.28. The van der Waals surface area contributed by atoms with Crippen LogP contribution in [0.2, 0.25) is 0 Å². The Balaban J connectivity index is 1.28. The van der Waals surface area contributed by atoms with Crippen LogP contribution in [0.15, 0.2) is 24.3 Å². The van der Waals surface area contributed by atoms with Crippen molar-refractivity contribution in [3.05, 3.63) is 24.3 Å². The predicted octanol–water partition coefficient (Wildman–Crippen LogP) is 2.47. The molecule has 1 aliphatic heterocycles. The van der Waals surface area contributed by atoms with Crippen molar-refractivity contribution < 1.29 is 14.4 Å². The number of fused-ring (bicyclic) bond motifs is 1. The molecule has 8 heteroatoms. The Labute approximate surface area is 167 Å². The Morgan fingerprint density at radius 2 is 1.48 bits per heavy atom. The molecule has 2 saturated carbocycles. The number of rotatable bonds is 4. The highest BCUT2D eigenvalue weighted by Gasteiger charge is 2.40. The third kappa shape index (κ3) is 4.60. The standard InChI is InChI=1S/C19H23N3O3S2/c23-17(11-1-2-11)20-12-3-5-13(6-4-12)21-18(24)19(25)22-14-7-8-15-16(14)27-10-9-26-15/h3-6,11,14-16H,1-2,7-10H2,(H,20,23)(H,21,24)(H,22,25). The summed E-state index contributed by atoms with van der Waals surface area (Å²) in [6, 6.07) is 6.90. The Hall–Kier alpha value is -1.67. The molecule has 0 radical (unpaired) electrons. The number of benzene rings is 1. The molecular weight excluding hydrogens is 382 g/mol. The molecular formula is C19H23N3O3S2. The van der Waals surface area contributed by atoms with Crippen LogP contribution in [-0.4, -0.2) is 45.8 Å². The van der Waals surface area contributed by atoms with Crippen molar-refractivity contribution in [2.45, 2.75) is 42.2 Å². The number of hydrogen-bond donors (Lipinski definition) is 3. The zero-order chi connectivity index (χ0) is 18.8. The molecule has 1 aromatic rings. The van der Waals surface area contributed by atoms with E-state index in [0.29, 0.717) is 21.9 Å². The van der Waals surface area contributed by atoms with E-state index < -0.39 is 11.8 Å². The summed E-state index contributed by atoms with van der Waals surface area (Å²) in [6.45, 7) is 0. The van der Waals surface area contributed by atoms with Gasteiger partial charge in [0.15, 0.2) is 0 Å². The summed E-state index contributed by atoms with van der Waals surface area (Å²) < 4.78 is 0. The van der Waals surface area contributed by atoms with Crippen LogP contribution >= 0.6 is 23.5 Å². The SMILES string of the molecule is O=C(Nc1ccc(NC(=O)C2CC2)cc1)C(=O)NC1CCC2SCCSC12. The quantitative estimate of drug-likeness (QED) is 0.670. The predicted molar refractivity (Wildman–Crippen MR) is 110 cm³/mol. The van der Waals surface area contributed by atoms with E-state index in [0.717, 1.165) is 31.4 Å². The highest BCUT2D eigenvalue weighted by molar-refractivity contribution is 8.07. The van der Waals surface area contributed by atoms with Gasteiger partial charge in [-0.25, -0.2) is 0 Å². The molecule has 3 amide bonds. The molecule has 3 unspecified atom stereocenters. The van der Waals surface area contributed by atoms with Gasteiger partial charge in [0.05, 0.1) is 0 Å². The van der Waals surface area contributed by atoms with Crippen LogP contribution in [0.1, 0.15) is 25.7 Å². The Morgan fingerprint density at radius 3 is 2.19 bits per heavy atom. The van der Waals surface area contributed by atoms with Crippen molar-refractivity contribution in [1.29, 1.82) is 0 Å². The second-order valence-corrected chi connectivity index (χ2v) is 9.83. The molecule has 0 bridgehead atoms. The van der Waals surface area contributed by atoms with E-state index in [1.54, 1.807) is 24.3 Å². The van der Waals surface area contributed by atoms with E-state index in [4.69, 9.17) is 0 Å². The molecule has 144 valence electrons. The van der Waals surface area contributed by atoms with Crippen molar-refractivity contribution in [3.63, 3.8) is 0 Å². The van der Waals surface area contributed by atoms with E-state index in [1.807, 2.05) is 23.5 Å². The number of hydrogen-bond acceptors (Lipinski definition) is 5. The van der Waals surface area contributed by atoms with Crippen LogP contribution in [0.4, 0.5) is 11.4 Å². The number of amides is 3. The third-order valence-corrected chi connectivity index (χ3v) is 8.44. The maximum atomic E-state index is 12.3. The summed E-state index contributed by atoms with van der Waals surface area (Å²) in [4.78, 5) is 36.2. The minimum absolute atomic E-state index is 0.0415. The zero-order valence-electron chi connectivity index (χ0n) is 14.9. The van der Waals surface area contributed by atoms with Gasteiger partial charge in [0.1, 0.15) is 0 Å². The van der Waals surface area contributed by atoms with Gasteiger partial charge in [-0.05, 0) is 49.9 Å². The Bertz CT molecular complexity index is 736. The highest BCUT2D eigenvalue weighted by Crippen LogP contribution is 2.42. The molecule has 1 heterocycles. The molecule has 4 rings (SSSR count). The summed E-state index contributed by atoms with van der Waals surface area (Å²) in [6.07, 6.45) is 3.94. The third-order valence-electron chi connectivity index (χ3n) is 5.13. The van der Waals surface area contributed by atoms with Gasteiger partial charge in [-0.1, -0.05) is 0 Å².